The number of hydrogen-bond donors (Lipinski definition) is 2. The minimum absolute atomic E-state index is 0.135. The molecule has 1 heterocycles. The van der Waals surface area contributed by atoms with Crippen LogP contribution < -0.4 is 20.9 Å². The fourth-order valence-corrected chi connectivity index (χ4v) is 4.05. The van der Waals surface area contributed by atoms with E-state index in [-0.39, 0.29) is 29.5 Å². The zero-order valence-corrected chi connectivity index (χ0v) is 17.8. The molecule has 0 saturated heterocycles. The number of benzene rings is 2. The molecule has 2 N–H and O–H groups in total. The van der Waals surface area contributed by atoms with E-state index in [9.17, 15) is 14.4 Å². The van der Waals surface area contributed by atoms with E-state index in [1.54, 1.807) is 60.8 Å². The third-order valence-corrected chi connectivity index (χ3v) is 5.73. The SMILES string of the molecule is COc1ccccc1C(=O)NC1CCCC1NC(=O)c1ccc(-n2ccccc2=O)cc1. The Bertz CT molecular complexity index is 1170. The lowest BCUT2D eigenvalue weighted by molar-refractivity contribution is 0.0890. The van der Waals surface area contributed by atoms with Gasteiger partial charge in [-0.15, -0.1) is 0 Å². The Morgan fingerprint density at radius 1 is 0.875 bits per heavy atom. The van der Waals surface area contributed by atoms with E-state index in [1.807, 2.05) is 6.07 Å². The van der Waals surface area contributed by atoms with Crippen LogP contribution in [-0.4, -0.2) is 35.6 Å². The zero-order valence-electron chi connectivity index (χ0n) is 17.8. The molecule has 0 bridgehead atoms. The molecule has 164 valence electrons. The third kappa shape index (κ3) is 4.56. The molecule has 2 atom stereocenters. The largest absolute Gasteiger partial charge is 0.496 e. The summed E-state index contributed by atoms with van der Waals surface area (Å²) in [6, 6.07) is 18.6. The molecule has 2 unspecified atom stereocenters. The Balaban J connectivity index is 1.42. The second kappa shape index (κ2) is 9.51. The molecule has 2 amide bonds. The topological polar surface area (TPSA) is 89.4 Å². The molecule has 32 heavy (non-hydrogen) atoms. The van der Waals surface area contributed by atoms with Crippen molar-refractivity contribution in [3.63, 3.8) is 0 Å². The van der Waals surface area contributed by atoms with Crippen LogP contribution in [0.4, 0.5) is 0 Å². The molecule has 7 nitrogen and oxygen atoms in total. The molecule has 0 spiro atoms. The van der Waals surface area contributed by atoms with Gasteiger partial charge in [0.15, 0.2) is 0 Å². The molecule has 4 rings (SSSR count). The first-order chi connectivity index (χ1) is 15.6. The van der Waals surface area contributed by atoms with Crippen molar-refractivity contribution in [3.05, 3.63) is 94.4 Å². The van der Waals surface area contributed by atoms with Gasteiger partial charge >= 0.3 is 0 Å². The average molecular weight is 431 g/mol. The van der Waals surface area contributed by atoms with Gasteiger partial charge in [0.05, 0.1) is 12.7 Å². The Labute approximate surface area is 186 Å². The number of hydrogen-bond acceptors (Lipinski definition) is 4. The summed E-state index contributed by atoms with van der Waals surface area (Å²) in [7, 11) is 1.53. The van der Waals surface area contributed by atoms with Crippen molar-refractivity contribution in [1.82, 2.24) is 15.2 Å². The lowest BCUT2D eigenvalue weighted by Crippen LogP contribution is -2.48. The van der Waals surface area contributed by atoms with Crippen LogP contribution in [0.15, 0.2) is 77.7 Å². The van der Waals surface area contributed by atoms with Crippen molar-refractivity contribution in [2.45, 2.75) is 31.3 Å². The van der Waals surface area contributed by atoms with Gasteiger partial charge in [0.2, 0.25) is 0 Å². The monoisotopic (exact) mass is 431 g/mol. The molecule has 0 radical (unpaired) electrons. The first-order valence-electron chi connectivity index (χ1n) is 10.6. The second-order valence-electron chi connectivity index (χ2n) is 7.75. The number of nitrogens with one attached hydrogen (secondary N) is 2. The number of ether oxygens (including phenoxy) is 1. The summed E-state index contributed by atoms with van der Waals surface area (Å²) >= 11 is 0. The second-order valence-corrected chi connectivity index (χ2v) is 7.75. The number of pyridine rings is 1. The van der Waals surface area contributed by atoms with Crippen LogP contribution in [0.3, 0.4) is 0 Å². The van der Waals surface area contributed by atoms with E-state index >= 15 is 0 Å². The number of rotatable bonds is 6. The molecule has 2 aromatic carbocycles. The number of aromatic nitrogens is 1. The standard InChI is InChI=1S/C25H25N3O4/c1-32-22-10-3-2-7-19(22)25(31)27-21-9-6-8-20(21)26-24(30)17-12-14-18(15-13-17)28-16-5-4-11-23(28)29/h2-5,7,10-16,20-21H,6,8-9H2,1H3,(H,26,30)(H,27,31). The van der Waals surface area contributed by atoms with Gasteiger partial charge in [-0.1, -0.05) is 18.2 Å². The maximum atomic E-state index is 12.8. The van der Waals surface area contributed by atoms with E-state index in [1.165, 1.54) is 17.7 Å². The molecule has 0 aliphatic heterocycles. The van der Waals surface area contributed by atoms with Gasteiger partial charge in [0.1, 0.15) is 5.75 Å². The van der Waals surface area contributed by atoms with Gasteiger partial charge < -0.3 is 15.4 Å². The molecule has 1 saturated carbocycles. The summed E-state index contributed by atoms with van der Waals surface area (Å²) < 4.78 is 6.79. The van der Waals surface area contributed by atoms with Crippen molar-refractivity contribution in [2.75, 3.05) is 7.11 Å². The number of nitrogens with zero attached hydrogens (tertiary/aromatic N) is 1. The molecule has 7 heteroatoms. The van der Waals surface area contributed by atoms with Crippen molar-refractivity contribution in [1.29, 1.82) is 0 Å². The summed E-state index contributed by atoms with van der Waals surface area (Å²) in [6.45, 7) is 0. The fourth-order valence-electron chi connectivity index (χ4n) is 4.05. The summed E-state index contributed by atoms with van der Waals surface area (Å²) in [5.74, 6) is 0.0906. The third-order valence-electron chi connectivity index (χ3n) is 5.73. The van der Waals surface area contributed by atoms with E-state index < -0.39 is 0 Å². The Morgan fingerprint density at radius 2 is 1.53 bits per heavy atom. The van der Waals surface area contributed by atoms with E-state index in [0.29, 0.717) is 22.6 Å². The highest BCUT2D eigenvalue weighted by Crippen LogP contribution is 2.22. The van der Waals surface area contributed by atoms with Crippen LogP contribution >= 0.6 is 0 Å². The van der Waals surface area contributed by atoms with Gasteiger partial charge in [-0.05, 0) is 61.7 Å². The fraction of sp³-hybridized carbons (Fsp3) is 0.240. The molecule has 1 fully saturated rings. The lowest BCUT2D eigenvalue weighted by Gasteiger charge is -2.23. The number of para-hydroxylation sites is 1. The molecule has 1 aliphatic carbocycles. The summed E-state index contributed by atoms with van der Waals surface area (Å²) in [6.07, 6.45) is 4.18. The predicted octanol–water partition coefficient (Wildman–Crippen LogP) is 2.93. The maximum absolute atomic E-state index is 12.8. The summed E-state index contributed by atoms with van der Waals surface area (Å²) in [5, 5.41) is 6.09. The molecule has 1 aliphatic rings. The minimum atomic E-state index is -0.216. The Hall–Kier alpha value is -3.87. The number of methoxy groups -OCH3 is 1. The highest BCUT2D eigenvalue weighted by atomic mass is 16.5. The normalized spacial score (nSPS) is 17.5. The summed E-state index contributed by atoms with van der Waals surface area (Å²) in [5.41, 5.74) is 1.53. The van der Waals surface area contributed by atoms with E-state index in [4.69, 9.17) is 4.74 Å². The first kappa shape index (κ1) is 21.4. The lowest BCUT2D eigenvalue weighted by atomic mass is 10.1. The quantitative estimate of drug-likeness (QED) is 0.628. The molecule has 3 aromatic rings. The molecule has 1 aromatic heterocycles. The van der Waals surface area contributed by atoms with Gasteiger partial charge in [-0.25, -0.2) is 0 Å². The van der Waals surface area contributed by atoms with Crippen molar-refractivity contribution in [2.24, 2.45) is 0 Å². The van der Waals surface area contributed by atoms with Crippen molar-refractivity contribution < 1.29 is 14.3 Å². The highest BCUT2D eigenvalue weighted by Gasteiger charge is 2.30. The predicted molar refractivity (Wildman–Crippen MR) is 121 cm³/mol. The van der Waals surface area contributed by atoms with E-state index in [2.05, 4.69) is 10.6 Å². The highest BCUT2D eigenvalue weighted by molar-refractivity contribution is 5.97. The van der Waals surface area contributed by atoms with Crippen LogP contribution in [0.25, 0.3) is 5.69 Å². The first-order valence-corrected chi connectivity index (χ1v) is 10.6. The van der Waals surface area contributed by atoms with Gasteiger partial charge in [0, 0.05) is 35.6 Å². The minimum Gasteiger partial charge on any atom is -0.496 e. The number of carbonyl (C=O) groups is 2. The van der Waals surface area contributed by atoms with Crippen LogP contribution in [0.5, 0.6) is 5.75 Å². The Morgan fingerprint density at radius 3 is 2.22 bits per heavy atom. The van der Waals surface area contributed by atoms with Gasteiger partial charge in [-0.2, -0.15) is 0 Å². The van der Waals surface area contributed by atoms with Crippen LogP contribution in [0, 0.1) is 0 Å². The van der Waals surface area contributed by atoms with Crippen LogP contribution in [0.2, 0.25) is 0 Å². The van der Waals surface area contributed by atoms with E-state index in [0.717, 1.165) is 19.3 Å². The van der Waals surface area contributed by atoms with Gasteiger partial charge in [-0.3, -0.25) is 19.0 Å². The molecular weight excluding hydrogens is 406 g/mol. The summed E-state index contributed by atoms with van der Waals surface area (Å²) in [4.78, 5) is 37.5. The average Bonchev–Trinajstić information content (AvgIpc) is 3.25. The number of carbonyl (C=O) groups excluding carboxylic acids is 2. The maximum Gasteiger partial charge on any atom is 0.255 e. The molecular formula is C25H25N3O4. The zero-order chi connectivity index (χ0) is 22.5. The number of amides is 2. The van der Waals surface area contributed by atoms with Crippen molar-refractivity contribution >= 4 is 11.8 Å². The van der Waals surface area contributed by atoms with Gasteiger partial charge in [0.25, 0.3) is 17.4 Å². The van der Waals surface area contributed by atoms with Crippen LogP contribution in [-0.2, 0) is 0 Å². The van der Waals surface area contributed by atoms with Crippen molar-refractivity contribution in [3.8, 4) is 11.4 Å². The van der Waals surface area contributed by atoms with Crippen LogP contribution in [0.1, 0.15) is 40.0 Å². The Kier molecular flexibility index (Phi) is 6.35. The smallest absolute Gasteiger partial charge is 0.255 e.